The van der Waals surface area contributed by atoms with Gasteiger partial charge < -0.3 is 15.0 Å². The summed E-state index contributed by atoms with van der Waals surface area (Å²) in [5.74, 6) is 1.86. The van der Waals surface area contributed by atoms with Crippen LogP contribution in [-0.2, 0) is 13.0 Å². The average molecular weight is 324 g/mol. The van der Waals surface area contributed by atoms with Crippen molar-refractivity contribution in [3.05, 3.63) is 53.5 Å². The summed E-state index contributed by atoms with van der Waals surface area (Å²) in [7, 11) is 1.68. The highest BCUT2D eigenvalue weighted by atomic mass is 16.5. The zero-order valence-electron chi connectivity index (χ0n) is 14.5. The first-order valence-corrected chi connectivity index (χ1v) is 8.31. The van der Waals surface area contributed by atoms with Crippen LogP contribution in [-0.4, -0.2) is 27.7 Å². The zero-order valence-corrected chi connectivity index (χ0v) is 14.5. The minimum Gasteiger partial charge on any atom is -0.497 e. The summed E-state index contributed by atoms with van der Waals surface area (Å²) in [5, 5.41) is 0. The molecular weight excluding hydrogens is 300 g/mol. The van der Waals surface area contributed by atoms with Crippen LogP contribution in [0.15, 0.2) is 36.5 Å². The molecule has 2 aromatic heterocycles. The molecule has 0 aliphatic carbocycles. The van der Waals surface area contributed by atoms with E-state index in [0.29, 0.717) is 0 Å². The Morgan fingerprint density at radius 1 is 1.25 bits per heavy atom. The van der Waals surface area contributed by atoms with Crippen molar-refractivity contribution in [2.24, 2.45) is 5.73 Å². The van der Waals surface area contributed by atoms with Crippen molar-refractivity contribution in [1.82, 2.24) is 14.5 Å². The maximum atomic E-state index is 6.19. The third-order valence-electron chi connectivity index (χ3n) is 4.26. The Bertz CT molecular complexity index is 823. The maximum Gasteiger partial charge on any atom is 0.160 e. The van der Waals surface area contributed by atoms with Gasteiger partial charge in [-0.2, -0.15) is 0 Å². The lowest BCUT2D eigenvalue weighted by Crippen LogP contribution is -2.26. The van der Waals surface area contributed by atoms with Crippen LogP contribution in [0.5, 0.6) is 5.75 Å². The average Bonchev–Trinajstić information content (AvgIpc) is 2.91. The van der Waals surface area contributed by atoms with E-state index in [4.69, 9.17) is 15.5 Å². The number of aromatic nitrogens is 3. The maximum absolute atomic E-state index is 6.19. The highest BCUT2D eigenvalue weighted by Crippen LogP contribution is 2.20. The minimum absolute atomic E-state index is 0.0973. The van der Waals surface area contributed by atoms with Gasteiger partial charge in [-0.1, -0.05) is 19.1 Å². The lowest BCUT2D eigenvalue weighted by Gasteiger charge is -2.13. The van der Waals surface area contributed by atoms with E-state index in [1.165, 1.54) is 5.56 Å². The first kappa shape index (κ1) is 16.5. The largest absolute Gasteiger partial charge is 0.497 e. The third kappa shape index (κ3) is 3.41. The fraction of sp³-hybridized carbons (Fsp3) is 0.368. The van der Waals surface area contributed by atoms with Crippen molar-refractivity contribution in [2.75, 3.05) is 7.11 Å². The molecule has 2 N–H and O–H groups in total. The molecule has 1 atom stereocenters. The fourth-order valence-electron chi connectivity index (χ4n) is 2.77. The SMILES string of the molecule is CCC(N)Cn1c(Cc2ccc(OC)cc2)nc2cc(C)cnc21. The highest BCUT2D eigenvalue weighted by Gasteiger charge is 2.14. The Balaban J connectivity index is 1.99. The minimum atomic E-state index is 0.0973. The number of rotatable bonds is 6. The van der Waals surface area contributed by atoms with Gasteiger partial charge in [-0.25, -0.2) is 9.97 Å². The summed E-state index contributed by atoms with van der Waals surface area (Å²) in [5.41, 5.74) is 10.3. The van der Waals surface area contributed by atoms with Crippen molar-refractivity contribution >= 4 is 11.2 Å². The molecule has 126 valence electrons. The molecule has 24 heavy (non-hydrogen) atoms. The number of nitrogens with two attached hydrogens (primary N) is 1. The molecule has 0 fully saturated rings. The van der Waals surface area contributed by atoms with Gasteiger partial charge in [0.25, 0.3) is 0 Å². The molecule has 0 saturated heterocycles. The molecule has 1 aromatic carbocycles. The van der Waals surface area contributed by atoms with Crippen LogP contribution in [0.3, 0.4) is 0 Å². The van der Waals surface area contributed by atoms with Crippen molar-refractivity contribution in [3.8, 4) is 5.75 Å². The van der Waals surface area contributed by atoms with E-state index in [-0.39, 0.29) is 6.04 Å². The molecular formula is C19H24N4O. The van der Waals surface area contributed by atoms with Crippen LogP contribution in [0.25, 0.3) is 11.2 Å². The number of methoxy groups -OCH3 is 1. The monoisotopic (exact) mass is 324 g/mol. The van der Waals surface area contributed by atoms with Gasteiger partial charge in [0, 0.05) is 25.2 Å². The van der Waals surface area contributed by atoms with Crippen LogP contribution in [0.1, 0.15) is 30.3 Å². The number of ether oxygens (including phenoxy) is 1. The van der Waals surface area contributed by atoms with E-state index >= 15 is 0 Å². The quantitative estimate of drug-likeness (QED) is 0.757. The molecule has 0 amide bonds. The fourth-order valence-corrected chi connectivity index (χ4v) is 2.77. The summed E-state index contributed by atoms with van der Waals surface area (Å²) in [6, 6.07) is 10.3. The first-order valence-electron chi connectivity index (χ1n) is 8.31. The van der Waals surface area contributed by atoms with E-state index in [1.807, 2.05) is 25.3 Å². The van der Waals surface area contributed by atoms with E-state index in [1.54, 1.807) is 7.11 Å². The molecule has 0 bridgehead atoms. The Hall–Kier alpha value is -2.40. The lowest BCUT2D eigenvalue weighted by atomic mass is 10.1. The Morgan fingerprint density at radius 3 is 2.67 bits per heavy atom. The number of hydrogen-bond donors (Lipinski definition) is 1. The van der Waals surface area contributed by atoms with Gasteiger partial charge in [-0.3, -0.25) is 0 Å². The molecule has 0 radical (unpaired) electrons. The summed E-state index contributed by atoms with van der Waals surface area (Å²) < 4.78 is 7.38. The summed E-state index contributed by atoms with van der Waals surface area (Å²) >= 11 is 0. The van der Waals surface area contributed by atoms with Gasteiger partial charge in [0.05, 0.1) is 7.11 Å². The number of hydrogen-bond acceptors (Lipinski definition) is 4. The highest BCUT2D eigenvalue weighted by molar-refractivity contribution is 5.72. The number of pyridine rings is 1. The number of aryl methyl sites for hydroxylation is 1. The molecule has 3 rings (SSSR count). The molecule has 0 aliphatic heterocycles. The van der Waals surface area contributed by atoms with Crippen LogP contribution in [0.2, 0.25) is 0 Å². The van der Waals surface area contributed by atoms with E-state index < -0.39 is 0 Å². The Morgan fingerprint density at radius 2 is 2.00 bits per heavy atom. The van der Waals surface area contributed by atoms with Gasteiger partial charge >= 0.3 is 0 Å². The van der Waals surface area contributed by atoms with E-state index in [0.717, 1.165) is 47.7 Å². The summed E-state index contributed by atoms with van der Waals surface area (Å²) in [6.07, 6.45) is 3.55. The molecule has 5 nitrogen and oxygen atoms in total. The number of imidazole rings is 1. The van der Waals surface area contributed by atoms with Crippen LogP contribution in [0.4, 0.5) is 0 Å². The second-order valence-corrected chi connectivity index (χ2v) is 6.19. The zero-order chi connectivity index (χ0) is 17.1. The molecule has 0 saturated carbocycles. The second-order valence-electron chi connectivity index (χ2n) is 6.19. The predicted octanol–water partition coefficient (Wildman–Crippen LogP) is 3.08. The molecule has 5 heteroatoms. The molecule has 1 unspecified atom stereocenters. The molecule has 2 heterocycles. The van der Waals surface area contributed by atoms with Gasteiger partial charge in [0.1, 0.15) is 17.1 Å². The summed E-state index contributed by atoms with van der Waals surface area (Å²) in [6.45, 7) is 4.87. The smallest absolute Gasteiger partial charge is 0.160 e. The van der Waals surface area contributed by atoms with Crippen LogP contribution < -0.4 is 10.5 Å². The van der Waals surface area contributed by atoms with Gasteiger partial charge in [0.15, 0.2) is 5.65 Å². The van der Waals surface area contributed by atoms with Gasteiger partial charge in [-0.05, 0) is 42.7 Å². The van der Waals surface area contributed by atoms with Crippen molar-refractivity contribution in [3.63, 3.8) is 0 Å². The second kappa shape index (κ2) is 7.01. The molecule has 0 aliphatic rings. The standard InChI is InChI=1S/C19H24N4O/c1-4-15(20)12-23-18(10-14-5-7-16(24-3)8-6-14)22-17-9-13(2)11-21-19(17)23/h5-9,11,15H,4,10,12,20H2,1-3H3. The van der Waals surface area contributed by atoms with Crippen LogP contribution >= 0.6 is 0 Å². The van der Waals surface area contributed by atoms with Crippen LogP contribution in [0, 0.1) is 6.92 Å². The lowest BCUT2D eigenvalue weighted by molar-refractivity contribution is 0.414. The van der Waals surface area contributed by atoms with Crippen molar-refractivity contribution in [1.29, 1.82) is 0 Å². The third-order valence-corrected chi connectivity index (χ3v) is 4.26. The number of nitrogens with zero attached hydrogens (tertiary/aromatic N) is 3. The topological polar surface area (TPSA) is 66.0 Å². The molecule has 0 spiro atoms. The Kier molecular flexibility index (Phi) is 4.81. The predicted molar refractivity (Wildman–Crippen MR) is 96.3 cm³/mol. The van der Waals surface area contributed by atoms with Crippen molar-refractivity contribution < 1.29 is 4.74 Å². The summed E-state index contributed by atoms with van der Waals surface area (Å²) in [4.78, 5) is 9.40. The number of benzene rings is 1. The van der Waals surface area contributed by atoms with Gasteiger partial charge in [0.2, 0.25) is 0 Å². The van der Waals surface area contributed by atoms with E-state index in [2.05, 4.69) is 34.7 Å². The van der Waals surface area contributed by atoms with Crippen molar-refractivity contribution in [2.45, 2.75) is 39.3 Å². The normalized spacial score (nSPS) is 12.5. The molecule has 3 aromatic rings. The Labute approximate surface area is 142 Å². The van der Waals surface area contributed by atoms with E-state index in [9.17, 15) is 0 Å². The van der Waals surface area contributed by atoms with Gasteiger partial charge in [-0.15, -0.1) is 0 Å². The number of fused-ring (bicyclic) bond motifs is 1. The first-order chi connectivity index (χ1) is 11.6.